The van der Waals surface area contributed by atoms with Crippen LogP contribution in [0.2, 0.25) is 0 Å². The first-order valence-electron chi connectivity index (χ1n) is 2.91. The number of thiophene rings is 1. The quantitative estimate of drug-likeness (QED) is 0.701. The van der Waals surface area contributed by atoms with Crippen LogP contribution in [0.25, 0.3) is 0 Å². The molecular weight excluding hydrogens is 200 g/mol. The van der Waals surface area contributed by atoms with Crippen LogP contribution in [0.15, 0.2) is 30.4 Å². The Morgan fingerprint density at radius 2 is 2.33 bits per heavy atom. The van der Waals surface area contributed by atoms with E-state index in [0.29, 0.717) is 0 Å². The highest BCUT2D eigenvalue weighted by atomic mass is 32.3. The summed E-state index contributed by atoms with van der Waals surface area (Å²) in [5.74, 6) is 0. The zero-order valence-corrected chi connectivity index (χ0v) is 7.60. The summed E-state index contributed by atoms with van der Waals surface area (Å²) in [6, 6.07) is 3.19. The van der Waals surface area contributed by atoms with Gasteiger partial charge in [0.05, 0.1) is 0 Å². The lowest BCUT2D eigenvalue weighted by molar-refractivity contribution is 0.366. The maximum atomic E-state index is 10.8. The predicted molar refractivity (Wildman–Crippen MR) is 45.1 cm³/mol. The van der Waals surface area contributed by atoms with E-state index in [1.54, 1.807) is 11.4 Å². The molecule has 0 amide bonds. The lowest BCUT2D eigenvalue weighted by Crippen LogP contribution is -2.08. The summed E-state index contributed by atoms with van der Waals surface area (Å²) in [4.78, 5) is 0. The maximum absolute atomic E-state index is 10.8. The van der Waals surface area contributed by atoms with Crippen LogP contribution < -0.4 is 4.18 Å². The van der Waals surface area contributed by atoms with Gasteiger partial charge in [-0.1, -0.05) is 6.58 Å². The first-order valence-corrected chi connectivity index (χ1v) is 5.12. The summed E-state index contributed by atoms with van der Waals surface area (Å²) in [5.41, 5.74) is 0. The number of hydrogen-bond donors (Lipinski definition) is 0. The lowest BCUT2D eigenvalue weighted by Gasteiger charge is -2.00. The van der Waals surface area contributed by atoms with Crippen molar-refractivity contribution in [2.45, 2.75) is 0 Å². The van der Waals surface area contributed by atoms with Crippen LogP contribution >= 0.6 is 11.3 Å². The third-order valence-corrected chi connectivity index (χ3v) is 2.47. The molecule has 0 atom stereocenters. The van der Waals surface area contributed by atoms with Gasteiger partial charge in [-0.25, -0.2) is 0 Å². The van der Waals surface area contributed by atoms with E-state index in [1.165, 1.54) is 6.07 Å². The Morgan fingerprint density at radius 1 is 1.58 bits per heavy atom. The van der Waals surface area contributed by atoms with Crippen molar-refractivity contribution in [1.82, 2.24) is 0 Å². The van der Waals surface area contributed by atoms with Gasteiger partial charge in [-0.3, -0.25) is 0 Å². The second-order valence-electron chi connectivity index (χ2n) is 1.69. The monoisotopic (exact) mass is 206 g/mol. The van der Waals surface area contributed by atoms with E-state index in [2.05, 4.69) is 14.9 Å². The molecule has 6 heteroatoms. The zero-order valence-electron chi connectivity index (χ0n) is 5.97. The first-order chi connectivity index (χ1) is 5.64. The van der Waals surface area contributed by atoms with E-state index in [0.717, 1.165) is 17.6 Å². The Balaban J connectivity index is 2.69. The summed E-state index contributed by atoms with van der Waals surface area (Å²) in [6.07, 6.45) is 0.795. The molecule has 66 valence electrons. The minimum Gasteiger partial charge on any atom is -0.361 e. The predicted octanol–water partition coefficient (Wildman–Crippen LogP) is 1.53. The summed E-state index contributed by atoms with van der Waals surface area (Å²) < 4.78 is 30.2. The van der Waals surface area contributed by atoms with Crippen molar-refractivity contribution in [2.24, 2.45) is 0 Å². The number of rotatable bonds is 4. The third kappa shape index (κ3) is 2.55. The van der Waals surface area contributed by atoms with Crippen LogP contribution in [-0.2, 0) is 14.6 Å². The van der Waals surface area contributed by atoms with E-state index >= 15 is 0 Å². The zero-order chi connectivity index (χ0) is 9.03. The summed E-state index contributed by atoms with van der Waals surface area (Å²) in [6.45, 7) is 3.10. The van der Waals surface area contributed by atoms with Crippen molar-refractivity contribution >= 4 is 21.7 Å². The highest BCUT2D eigenvalue weighted by molar-refractivity contribution is 7.82. The Morgan fingerprint density at radius 3 is 2.83 bits per heavy atom. The molecule has 4 nitrogen and oxygen atoms in total. The standard InChI is InChI=1S/C6H6O4S2/c1-2-9-12(7,8)10-6-4-3-5-11-6/h2-5H,1H2. The second-order valence-corrected chi connectivity index (χ2v) is 3.77. The van der Waals surface area contributed by atoms with Crippen molar-refractivity contribution < 1.29 is 16.8 Å². The maximum Gasteiger partial charge on any atom is 0.501 e. The van der Waals surface area contributed by atoms with Gasteiger partial charge in [0.1, 0.15) is 6.26 Å². The molecule has 0 aliphatic carbocycles. The molecule has 1 aromatic heterocycles. The normalized spacial score (nSPS) is 10.7. The average molecular weight is 206 g/mol. The van der Waals surface area contributed by atoms with Crippen molar-refractivity contribution in [3.05, 3.63) is 30.4 Å². The largest absolute Gasteiger partial charge is 0.501 e. The smallest absolute Gasteiger partial charge is 0.361 e. The Kier molecular flexibility index (Phi) is 2.72. The van der Waals surface area contributed by atoms with Crippen molar-refractivity contribution in [1.29, 1.82) is 0 Å². The molecule has 0 radical (unpaired) electrons. The van der Waals surface area contributed by atoms with Crippen molar-refractivity contribution in [3.8, 4) is 5.06 Å². The van der Waals surface area contributed by atoms with Crippen molar-refractivity contribution in [3.63, 3.8) is 0 Å². The molecular formula is C6H6O4S2. The van der Waals surface area contributed by atoms with Crippen LogP contribution in [0.5, 0.6) is 5.06 Å². The molecule has 0 spiro atoms. The fourth-order valence-electron chi connectivity index (χ4n) is 0.514. The Hall–Kier alpha value is -1.01. The molecule has 1 aromatic rings. The molecule has 1 heterocycles. The average Bonchev–Trinajstić information content (AvgIpc) is 2.38. The van der Waals surface area contributed by atoms with Crippen LogP contribution in [0.1, 0.15) is 0 Å². The van der Waals surface area contributed by atoms with Gasteiger partial charge in [0, 0.05) is 0 Å². The SMILES string of the molecule is C=COS(=O)(=O)Oc1cccs1. The van der Waals surface area contributed by atoms with Gasteiger partial charge in [0.2, 0.25) is 0 Å². The number of hydrogen-bond acceptors (Lipinski definition) is 5. The summed E-state index contributed by atoms with van der Waals surface area (Å²) >= 11 is 1.16. The highest BCUT2D eigenvalue weighted by Crippen LogP contribution is 2.20. The van der Waals surface area contributed by atoms with Crippen molar-refractivity contribution in [2.75, 3.05) is 0 Å². The van der Waals surface area contributed by atoms with E-state index in [4.69, 9.17) is 0 Å². The fraction of sp³-hybridized carbons (Fsp3) is 0. The van der Waals surface area contributed by atoms with E-state index in [-0.39, 0.29) is 5.06 Å². The first kappa shape index (κ1) is 9.08. The van der Waals surface area contributed by atoms with Gasteiger partial charge >= 0.3 is 10.4 Å². The molecule has 0 fully saturated rings. The van der Waals surface area contributed by atoms with E-state index < -0.39 is 10.4 Å². The van der Waals surface area contributed by atoms with Gasteiger partial charge in [-0.15, -0.1) is 19.8 Å². The molecule has 12 heavy (non-hydrogen) atoms. The second kappa shape index (κ2) is 3.59. The van der Waals surface area contributed by atoms with Crippen LogP contribution in [0.3, 0.4) is 0 Å². The minimum absolute atomic E-state index is 0.261. The molecule has 0 saturated heterocycles. The molecule has 0 bridgehead atoms. The fourth-order valence-corrected chi connectivity index (χ4v) is 1.83. The Labute approximate surface area is 74.4 Å². The minimum atomic E-state index is -3.96. The molecule has 0 aromatic carbocycles. The molecule has 0 aliphatic rings. The molecule has 0 saturated carbocycles. The van der Waals surface area contributed by atoms with Gasteiger partial charge < -0.3 is 8.37 Å². The van der Waals surface area contributed by atoms with Gasteiger partial charge in [0.15, 0.2) is 5.06 Å². The van der Waals surface area contributed by atoms with Crippen LogP contribution in [0.4, 0.5) is 0 Å². The lowest BCUT2D eigenvalue weighted by atomic mass is 10.7. The highest BCUT2D eigenvalue weighted by Gasteiger charge is 2.12. The molecule has 0 aliphatic heterocycles. The van der Waals surface area contributed by atoms with Gasteiger partial charge in [0.25, 0.3) is 0 Å². The van der Waals surface area contributed by atoms with Gasteiger partial charge in [-0.05, 0) is 17.5 Å². The topological polar surface area (TPSA) is 52.6 Å². The van der Waals surface area contributed by atoms with E-state index in [9.17, 15) is 8.42 Å². The van der Waals surface area contributed by atoms with Crippen LogP contribution in [0, 0.1) is 0 Å². The van der Waals surface area contributed by atoms with Gasteiger partial charge in [-0.2, -0.15) is 0 Å². The molecule has 0 N–H and O–H groups in total. The summed E-state index contributed by atoms with van der Waals surface area (Å²) in [7, 11) is -3.96. The van der Waals surface area contributed by atoms with Crippen LogP contribution in [-0.4, -0.2) is 8.42 Å². The third-order valence-electron chi connectivity index (χ3n) is 0.865. The molecule has 0 unspecified atom stereocenters. The molecule has 1 rings (SSSR count). The Bertz CT molecular complexity index is 338. The summed E-state index contributed by atoms with van der Waals surface area (Å²) in [5, 5.41) is 1.95. The van der Waals surface area contributed by atoms with E-state index in [1.807, 2.05) is 0 Å².